The smallest absolute Gasteiger partial charge is 0.170 e. The Hall–Kier alpha value is -1.77. The van der Waals surface area contributed by atoms with Crippen LogP contribution < -0.4 is 0 Å². The monoisotopic (exact) mass is 302 g/mol. The van der Waals surface area contributed by atoms with E-state index in [1.807, 2.05) is 20.8 Å². The number of aliphatic hydroxyl groups is 1. The SMILES string of the molecule is CCC(C)C1C(O)=C(c2c(C)cc(O)cc2C)C(=O)C1CC. The summed E-state index contributed by atoms with van der Waals surface area (Å²) in [6.07, 6.45) is 1.66. The summed E-state index contributed by atoms with van der Waals surface area (Å²) in [6.45, 7) is 9.92. The van der Waals surface area contributed by atoms with Crippen LogP contribution in [-0.4, -0.2) is 16.0 Å². The number of hydrogen-bond acceptors (Lipinski definition) is 3. The lowest BCUT2D eigenvalue weighted by Crippen LogP contribution is -2.23. The molecule has 3 unspecified atom stereocenters. The van der Waals surface area contributed by atoms with Gasteiger partial charge in [0.25, 0.3) is 0 Å². The van der Waals surface area contributed by atoms with Gasteiger partial charge in [-0.25, -0.2) is 0 Å². The molecule has 0 saturated heterocycles. The summed E-state index contributed by atoms with van der Waals surface area (Å²) in [6, 6.07) is 3.29. The third-order valence-corrected chi connectivity index (χ3v) is 5.05. The number of carbonyl (C=O) groups is 1. The van der Waals surface area contributed by atoms with E-state index in [0.29, 0.717) is 5.57 Å². The van der Waals surface area contributed by atoms with E-state index in [2.05, 4.69) is 13.8 Å². The van der Waals surface area contributed by atoms with Crippen molar-refractivity contribution in [3.63, 3.8) is 0 Å². The summed E-state index contributed by atoms with van der Waals surface area (Å²) < 4.78 is 0. The van der Waals surface area contributed by atoms with Gasteiger partial charge in [-0.2, -0.15) is 0 Å². The van der Waals surface area contributed by atoms with Gasteiger partial charge in [0, 0.05) is 11.8 Å². The van der Waals surface area contributed by atoms with E-state index in [1.165, 1.54) is 0 Å². The maximum Gasteiger partial charge on any atom is 0.170 e. The molecule has 22 heavy (non-hydrogen) atoms. The first-order valence-electron chi connectivity index (χ1n) is 8.11. The summed E-state index contributed by atoms with van der Waals surface area (Å²) in [5, 5.41) is 20.5. The number of hydrogen-bond donors (Lipinski definition) is 2. The number of rotatable bonds is 4. The number of aryl methyl sites for hydroxylation is 2. The number of aliphatic hydroxyl groups excluding tert-OH is 1. The quantitative estimate of drug-likeness (QED) is 0.858. The molecule has 2 rings (SSSR count). The van der Waals surface area contributed by atoms with Crippen molar-refractivity contribution >= 4 is 11.4 Å². The van der Waals surface area contributed by atoms with Gasteiger partial charge in [0.1, 0.15) is 11.5 Å². The van der Waals surface area contributed by atoms with Crippen molar-refractivity contribution in [3.05, 3.63) is 34.6 Å². The molecule has 0 saturated carbocycles. The number of phenols is 1. The van der Waals surface area contributed by atoms with E-state index in [9.17, 15) is 15.0 Å². The molecule has 3 heteroatoms. The molecule has 0 heterocycles. The van der Waals surface area contributed by atoms with Gasteiger partial charge >= 0.3 is 0 Å². The number of aromatic hydroxyl groups is 1. The van der Waals surface area contributed by atoms with Crippen molar-refractivity contribution in [1.29, 1.82) is 0 Å². The van der Waals surface area contributed by atoms with Crippen LogP contribution in [0.5, 0.6) is 5.75 Å². The summed E-state index contributed by atoms with van der Waals surface area (Å²) in [5.41, 5.74) is 2.90. The largest absolute Gasteiger partial charge is 0.511 e. The van der Waals surface area contributed by atoms with Crippen LogP contribution in [0.25, 0.3) is 5.57 Å². The van der Waals surface area contributed by atoms with Crippen LogP contribution in [0, 0.1) is 31.6 Å². The van der Waals surface area contributed by atoms with Gasteiger partial charge in [0.2, 0.25) is 0 Å². The number of carbonyl (C=O) groups excluding carboxylic acids is 1. The van der Waals surface area contributed by atoms with Crippen LogP contribution in [0.1, 0.15) is 50.3 Å². The standard InChI is InChI=1S/C19H26O3/c1-6-10(3)16-14(7-2)18(21)17(19(16)22)15-11(4)8-13(20)9-12(15)5/h8-10,14,16,20,22H,6-7H2,1-5H3. The third-order valence-electron chi connectivity index (χ3n) is 5.05. The minimum Gasteiger partial charge on any atom is -0.511 e. The van der Waals surface area contributed by atoms with E-state index < -0.39 is 0 Å². The number of allylic oxidation sites excluding steroid dienone is 2. The van der Waals surface area contributed by atoms with E-state index in [4.69, 9.17) is 0 Å². The van der Waals surface area contributed by atoms with Gasteiger partial charge in [-0.15, -0.1) is 0 Å². The molecule has 1 aliphatic rings. The average Bonchev–Trinajstić information content (AvgIpc) is 2.69. The fraction of sp³-hybridized carbons (Fsp3) is 0.526. The maximum atomic E-state index is 12.9. The molecule has 0 bridgehead atoms. The molecule has 1 aliphatic carbocycles. The Morgan fingerprint density at radius 2 is 1.68 bits per heavy atom. The summed E-state index contributed by atoms with van der Waals surface area (Å²) in [4.78, 5) is 12.9. The highest BCUT2D eigenvalue weighted by molar-refractivity contribution is 6.25. The molecule has 2 N–H and O–H groups in total. The second-order valence-electron chi connectivity index (χ2n) is 6.51. The van der Waals surface area contributed by atoms with Crippen molar-refractivity contribution in [2.24, 2.45) is 17.8 Å². The molecule has 0 aromatic heterocycles. The van der Waals surface area contributed by atoms with Crippen LogP contribution in [0.15, 0.2) is 17.9 Å². The molecule has 0 radical (unpaired) electrons. The summed E-state index contributed by atoms with van der Waals surface area (Å²) in [5.74, 6) is 0.506. The summed E-state index contributed by atoms with van der Waals surface area (Å²) >= 11 is 0. The Balaban J connectivity index is 2.63. The number of benzene rings is 1. The third kappa shape index (κ3) is 2.53. The molecule has 1 aromatic carbocycles. The molecule has 0 amide bonds. The lowest BCUT2D eigenvalue weighted by atomic mass is 9.81. The zero-order valence-corrected chi connectivity index (χ0v) is 14.1. The van der Waals surface area contributed by atoms with Crippen molar-refractivity contribution < 1.29 is 15.0 Å². The normalized spacial score (nSPS) is 23.2. The minimum absolute atomic E-state index is 0.0437. The van der Waals surface area contributed by atoms with Crippen LogP contribution >= 0.6 is 0 Å². The second kappa shape index (κ2) is 6.15. The van der Waals surface area contributed by atoms with E-state index >= 15 is 0 Å². The zero-order valence-electron chi connectivity index (χ0n) is 14.1. The van der Waals surface area contributed by atoms with Crippen LogP contribution in [0.3, 0.4) is 0 Å². The van der Waals surface area contributed by atoms with Gasteiger partial charge in [-0.3, -0.25) is 4.79 Å². The van der Waals surface area contributed by atoms with Crippen LogP contribution in [-0.2, 0) is 4.79 Å². The Kier molecular flexibility index (Phi) is 4.64. The molecule has 120 valence electrons. The Morgan fingerprint density at radius 3 is 2.14 bits per heavy atom. The molecule has 0 fully saturated rings. The lowest BCUT2D eigenvalue weighted by Gasteiger charge is -2.23. The second-order valence-corrected chi connectivity index (χ2v) is 6.51. The predicted molar refractivity (Wildman–Crippen MR) is 88.9 cm³/mol. The first-order valence-corrected chi connectivity index (χ1v) is 8.11. The molecular weight excluding hydrogens is 276 g/mol. The predicted octanol–water partition coefficient (Wildman–Crippen LogP) is 4.55. The Bertz CT molecular complexity index is 605. The van der Waals surface area contributed by atoms with Crippen LogP contribution in [0.2, 0.25) is 0 Å². The van der Waals surface area contributed by atoms with E-state index in [1.54, 1.807) is 12.1 Å². The molecule has 0 aliphatic heterocycles. The fourth-order valence-corrected chi connectivity index (χ4v) is 3.78. The highest BCUT2D eigenvalue weighted by Crippen LogP contribution is 2.45. The highest BCUT2D eigenvalue weighted by Gasteiger charge is 2.44. The van der Waals surface area contributed by atoms with Gasteiger partial charge in [-0.05, 0) is 55.0 Å². The first kappa shape index (κ1) is 16.6. The molecule has 0 spiro atoms. The van der Waals surface area contributed by atoms with Gasteiger partial charge in [0.15, 0.2) is 5.78 Å². The average molecular weight is 302 g/mol. The molecular formula is C19H26O3. The topological polar surface area (TPSA) is 57.5 Å². The van der Waals surface area contributed by atoms with Crippen molar-refractivity contribution in [2.75, 3.05) is 0 Å². The van der Waals surface area contributed by atoms with Crippen LogP contribution in [0.4, 0.5) is 0 Å². The fourth-order valence-electron chi connectivity index (χ4n) is 3.78. The number of ketones is 1. The molecule has 1 aromatic rings. The summed E-state index contributed by atoms with van der Waals surface area (Å²) in [7, 11) is 0. The zero-order chi connectivity index (χ0) is 16.6. The highest BCUT2D eigenvalue weighted by atomic mass is 16.3. The van der Waals surface area contributed by atoms with Gasteiger partial charge in [-0.1, -0.05) is 27.2 Å². The van der Waals surface area contributed by atoms with Gasteiger partial charge < -0.3 is 10.2 Å². The van der Waals surface area contributed by atoms with E-state index in [-0.39, 0.29) is 35.0 Å². The molecule has 3 atom stereocenters. The minimum atomic E-state index is -0.141. The Morgan fingerprint density at radius 1 is 1.14 bits per heavy atom. The number of phenolic OH excluding ortho intramolecular Hbond substituents is 1. The first-order chi connectivity index (χ1) is 10.3. The van der Waals surface area contributed by atoms with Gasteiger partial charge in [0.05, 0.1) is 5.57 Å². The lowest BCUT2D eigenvalue weighted by molar-refractivity contribution is -0.118. The maximum absolute atomic E-state index is 12.9. The van der Waals surface area contributed by atoms with Crippen molar-refractivity contribution in [3.8, 4) is 5.75 Å². The van der Waals surface area contributed by atoms with Crippen molar-refractivity contribution in [1.82, 2.24) is 0 Å². The van der Waals surface area contributed by atoms with E-state index in [0.717, 1.165) is 29.5 Å². The molecule has 3 nitrogen and oxygen atoms in total. The Labute approximate surface area is 132 Å². The number of Topliss-reactive ketones (excluding diaryl/α,β-unsaturated/α-hetero) is 1. The van der Waals surface area contributed by atoms with Crippen molar-refractivity contribution in [2.45, 2.75) is 47.5 Å².